The highest BCUT2D eigenvalue weighted by molar-refractivity contribution is 6.02. The smallest absolute Gasteiger partial charge is 0.258 e. The normalized spacial score (nSPS) is 21.6. The fraction of sp³-hybridized carbons (Fsp3) is 0.375. The molecule has 0 unspecified atom stereocenters. The van der Waals surface area contributed by atoms with Crippen molar-refractivity contribution in [2.24, 2.45) is 18.9 Å². The van der Waals surface area contributed by atoms with Gasteiger partial charge in [-0.3, -0.25) is 9.59 Å². The number of aryl methyl sites for hydroxylation is 1. The lowest BCUT2D eigenvalue weighted by Gasteiger charge is -2.15. The first-order chi connectivity index (χ1) is 10.1. The zero-order chi connectivity index (χ0) is 15.0. The number of carbonyl (C=O) groups is 1. The quantitative estimate of drug-likeness (QED) is 0.875. The van der Waals surface area contributed by atoms with Gasteiger partial charge in [0.1, 0.15) is 0 Å². The highest BCUT2D eigenvalue weighted by Gasteiger charge is 2.29. The van der Waals surface area contributed by atoms with Crippen LogP contribution >= 0.6 is 0 Å². The van der Waals surface area contributed by atoms with Crippen LogP contribution in [0.5, 0.6) is 0 Å². The third-order valence-corrected chi connectivity index (χ3v) is 4.23. The van der Waals surface area contributed by atoms with Crippen LogP contribution in [0, 0.1) is 11.8 Å². The van der Waals surface area contributed by atoms with Gasteiger partial charge in [-0.15, -0.1) is 0 Å². The molecule has 1 saturated heterocycles. The molecule has 110 valence electrons. The molecule has 1 aliphatic heterocycles. The summed E-state index contributed by atoms with van der Waals surface area (Å²) in [4.78, 5) is 24.5. The molecular formula is C16H19N3O2. The summed E-state index contributed by atoms with van der Waals surface area (Å²) < 4.78 is 1.54. The molecule has 2 N–H and O–H groups in total. The van der Waals surface area contributed by atoms with Crippen molar-refractivity contribution in [3.63, 3.8) is 0 Å². The van der Waals surface area contributed by atoms with E-state index >= 15 is 0 Å². The molecule has 2 aromatic rings. The molecule has 0 aliphatic carbocycles. The molecule has 1 fully saturated rings. The Labute approximate surface area is 123 Å². The van der Waals surface area contributed by atoms with Gasteiger partial charge in [0.25, 0.3) is 5.56 Å². The molecule has 3 rings (SSSR count). The molecule has 0 saturated carbocycles. The maximum Gasteiger partial charge on any atom is 0.258 e. The maximum atomic E-state index is 12.4. The van der Waals surface area contributed by atoms with Crippen molar-refractivity contribution in [3.8, 4) is 0 Å². The second kappa shape index (κ2) is 5.33. The van der Waals surface area contributed by atoms with E-state index < -0.39 is 0 Å². The molecule has 5 nitrogen and oxygen atoms in total. The lowest BCUT2D eigenvalue weighted by Crippen LogP contribution is -2.28. The van der Waals surface area contributed by atoms with Crippen molar-refractivity contribution in [3.05, 3.63) is 40.8 Å². The number of anilines is 1. The van der Waals surface area contributed by atoms with Crippen molar-refractivity contribution in [2.45, 2.75) is 6.92 Å². The number of nitrogens with zero attached hydrogens (tertiary/aromatic N) is 1. The standard InChI is InChI=1S/C16H19N3O2/c1-10-8-17-9-13(10)15(20)18-14-5-3-4-12-11(14)6-7-19(2)16(12)21/h3-7,10,13,17H,8-9H2,1-2H3,(H,18,20)/t10-,13-/m0/s1. The predicted molar refractivity (Wildman–Crippen MR) is 83.3 cm³/mol. The third kappa shape index (κ3) is 2.45. The maximum absolute atomic E-state index is 12.4. The average molecular weight is 285 g/mol. The van der Waals surface area contributed by atoms with Crippen LogP contribution in [0.1, 0.15) is 6.92 Å². The van der Waals surface area contributed by atoms with Gasteiger partial charge < -0.3 is 15.2 Å². The monoisotopic (exact) mass is 285 g/mol. The summed E-state index contributed by atoms with van der Waals surface area (Å²) >= 11 is 0. The van der Waals surface area contributed by atoms with E-state index in [9.17, 15) is 9.59 Å². The van der Waals surface area contributed by atoms with E-state index in [2.05, 4.69) is 17.6 Å². The van der Waals surface area contributed by atoms with Crippen LogP contribution in [0.15, 0.2) is 35.3 Å². The van der Waals surface area contributed by atoms with Gasteiger partial charge in [0.05, 0.1) is 5.92 Å². The minimum absolute atomic E-state index is 0.0145. The van der Waals surface area contributed by atoms with E-state index in [1.807, 2.05) is 12.1 Å². The van der Waals surface area contributed by atoms with Crippen molar-refractivity contribution in [1.29, 1.82) is 0 Å². The number of rotatable bonds is 2. The Balaban J connectivity index is 1.96. The van der Waals surface area contributed by atoms with Crippen LogP contribution < -0.4 is 16.2 Å². The van der Waals surface area contributed by atoms with E-state index in [-0.39, 0.29) is 17.4 Å². The molecule has 21 heavy (non-hydrogen) atoms. The zero-order valence-electron chi connectivity index (χ0n) is 12.2. The van der Waals surface area contributed by atoms with Gasteiger partial charge in [-0.25, -0.2) is 0 Å². The molecule has 0 spiro atoms. The van der Waals surface area contributed by atoms with Crippen LogP contribution in [-0.4, -0.2) is 23.6 Å². The predicted octanol–water partition coefficient (Wildman–Crippen LogP) is 1.33. The van der Waals surface area contributed by atoms with Crippen molar-refractivity contribution >= 4 is 22.4 Å². The number of benzene rings is 1. The number of nitrogens with one attached hydrogen (secondary N) is 2. The summed E-state index contributed by atoms with van der Waals surface area (Å²) in [5, 5.41) is 7.61. The van der Waals surface area contributed by atoms with Gasteiger partial charge in [0.15, 0.2) is 0 Å². The van der Waals surface area contributed by atoms with Gasteiger partial charge in [-0.05, 0) is 30.7 Å². The number of hydrogen-bond donors (Lipinski definition) is 2. The molecule has 2 atom stereocenters. The number of hydrogen-bond acceptors (Lipinski definition) is 3. The Morgan fingerprint density at radius 2 is 2.10 bits per heavy atom. The molecule has 0 radical (unpaired) electrons. The van der Waals surface area contributed by atoms with Gasteiger partial charge in [0.2, 0.25) is 5.91 Å². The largest absolute Gasteiger partial charge is 0.325 e. The van der Waals surface area contributed by atoms with Crippen LogP contribution in [0.25, 0.3) is 10.8 Å². The SMILES string of the molecule is C[C@H]1CNC[C@@H]1C(=O)Nc1cccc2c(=O)n(C)ccc12. The molecule has 1 amide bonds. The van der Waals surface area contributed by atoms with Crippen molar-refractivity contribution in [1.82, 2.24) is 9.88 Å². The van der Waals surface area contributed by atoms with Crippen LogP contribution in [0.4, 0.5) is 5.69 Å². The number of pyridine rings is 1. The number of fused-ring (bicyclic) bond motifs is 1. The van der Waals surface area contributed by atoms with Gasteiger partial charge in [0, 0.05) is 36.2 Å². The molecule has 1 aliphatic rings. The van der Waals surface area contributed by atoms with Crippen LogP contribution in [0.2, 0.25) is 0 Å². The van der Waals surface area contributed by atoms with E-state index in [4.69, 9.17) is 0 Å². The molecular weight excluding hydrogens is 266 g/mol. The van der Waals surface area contributed by atoms with E-state index in [1.165, 1.54) is 4.57 Å². The summed E-state index contributed by atoms with van der Waals surface area (Å²) in [6, 6.07) is 7.29. The summed E-state index contributed by atoms with van der Waals surface area (Å²) in [6.07, 6.45) is 1.72. The highest BCUT2D eigenvalue weighted by Crippen LogP contribution is 2.23. The molecule has 1 aromatic heterocycles. The molecule has 0 bridgehead atoms. The fourth-order valence-electron chi connectivity index (χ4n) is 2.87. The Morgan fingerprint density at radius 1 is 1.29 bits per heavy atom. The zero-order valence-corrected chi connectivity index (χ0v) is 12.2. The van der Waals surface area contributed by atoms with Crippen molar-refractivity contribution in [2.75, 3.05) is 18.4 Å². The first-order valence-electron chi connectivity index (χ1n) is 7.18. The summed E-state index contributed by atoms with van der Waals surface area (Å²) in [5.74, 6) is 0.320. The Morgan fingerprint density at radius 3 is 2.81 bits per heavy atom. The lowest BCUT2D eigenvalue weighted by atomic mass is 9.97. The summed E-state index contributed by atoms with van der Waals surface area (Å²) in [6.45, 7) is 3.65. The molecule has 2 heterocycles. The highest BCUT2D eigenvalue weighted by atomic mass is 16.2. The third-order valence-electron chi connectivity index (χ3n) is 4.23. The summed E-state index contributed by atoms with van der Waals surface area (Å²) in [7, 11) is 1.72. The van der Waals surface area contributed by atoms with Crippen molar-refractivity contribution < 1.29 is 4.79 Å². The minimum Gasteiger partial charge on any atom is -0.325 e. The van der Waals surface area contributed by atoms with Gasteiger partial charge in [-0.2, -0.15) is 0 Å². The Bertz CT molecular complexity index is 751. The Hall–Kier alpha value is -2.14. The topological polar surface area (TPSA) is 63.1 Å². The second-order valence-electron chi connectivity index (χ2n) is 5.73. The van der Waals surface area contributed by atoms with Gasteiger partial charge >= 0.3 is 0 Å². The molecule has 1 aromatic carbocycles. The average Bonchev–Trinajstić information content (AvgIpc) is 2.90. The second-order valence-corrected chi connectivity index (χ2v) is 5.73. The van der Waals surface area contributed by atoms with E-state index in [0.29, 0.717) is 23.5 Å². The minimum atomic E-state index is -0.0560. The first-order valence-corrected chi connectivity index (χ1v) is 7.18. The first kappa shape index (κ1) is 13.8. The molecule has 5 heteroatoms. The van der Waals surface area contributed by atoms with Crippen LogP contribution in [-0.2, 0) is 11.8 Å². The fourth-order valence-corrected chi connectivity index (χ4v) is 2.87. The van der Waals surface area contributed by atoms with E-state index in [1.54, 1.807) is 25.4 Å². The van der Waals surface area contributed by atoms with Crippen LogP contribution in [0.3, 0.4) is 0 Å². The van der Waals surface area contributed by atoms with E-state index in [0.717, 1.165) is 11.9 Å². The summed E-state index contributed by atoms with van der Waals surface area (Å²) in [5.41, 5.74) is 0.647. The van der Waals surface area contributed by atoms with Gasteiger partial charge in [-0.1, -0.05) is 13.0 Å². The number of amides is 1. The Kier molecular flexibility index (Phi) is 3.51. The number of carbonyl (C=O) groups excluding carboxylic acids is 1. The number of aromatic nitrogens is 1. The lowest BCUT2D eigenvalue weighted by molar-refractivity contribution is -0.120.